The highest BCUT2D eigenvalue weighted by molar-refractivity contribution is 7.19. The first-order chi connectivity index (χ1) is 16.4. The van der Waals surface area contributed by atoms with Crippen LogP contribution in [0, 0.1) is 18.7 Å². The van der Waals surface area contributed by atoms with Crippen molar-refractivity contribution in [3.8, 4) is 0 Å². The summed E-state index contributed by atoms with van der Waals surface area (Å²) in [6.45, 7) is 5.74. The smallest absolute Gasteiger partial charge is 0.274 e. The second-order valence-corrected chi connectivity index (χ2v) is 10.0. The molecule has 0 spiro atoms. The summed E-state index contributed by atoms with van der Waals surface area (Å²) in [6.07, 6.45) is 3.46. The van der Waals surface area contributed by atoms with Gasteiger partial charge in [-0.2, -0.15) is 0 Å². The number of anilines is 1. The quantitative estimate of drug-likeness (QED) is 0.554. The average molecular weight is 485 g/mol. The zero-order valence-corrected chi connectivity index (χ0v) is 19.7. The van der Waals surface area contributed by atoms with Crippen LogP contribution in [0.3, 0.4) is 0 Å². The number of pyridine rings is 1. The Morgan fingerprint density at radius 3 is 2.82 bits per heavy atom. The number of hydrogen-bond donors (Lipinski definition) is 2. The van der Waals surface area contributed by atoms with Gasteiger partial charge in [0.25, 0.3) is 5.91 Å². The van der Waals surface area contributed by atoms with Gasteiger partial charge >= 0.3 is 0 Å². The minimum Gasteiger partial charge on any atom is -0.381 e. The SMILES string of the molecule is Cc1cc2nc(N[C@@H](C)c3cncc(F)c3)nc(C(=O)N3CC(NC(=O)C4CCOC4)C3)c2s1. The monoisotopic (exact) mass is 484 g/mol. The molecule has 0 bridgehead atoms. The van der Waals surface area contributed by atoms with Crippen LogP contribution in [0.5, 0.6) is 0 Å². The van der Waals surface area contributed by atoms with Gasteiger partial charge < -0.3 is 20.3 Å². The fraction of sp³-hybridized carbons (Fsp3) is 0.435. The van der Waals surface area contributed by atoms with Crippen molar-refractivity contribution in [2.45, 2.75) is 32.4 Å². The molecule has 2 aliphatic heterocycles. The van der Waals surface area contributed by atoms with E-state index in [0.29, 0.717) is 43.1 Å². The summed E-state index contributed by atoms with van der Waals surface area (Å²) in [7, 11) is 0. The molecule has 9 nitrogen and oxygen atoms in total. The summed E-state index contributed by atoms with van der Waals surface area (Å²) in [5.41, 5.74) is 1.65. The molecule has 2 atom stereocenters. The van der Waals surface area contributed by atoms with Crippen LogP contribution in [0.25, 0.3) is 10.2 Å². The van der Waals surface area contributed by atoms with Gasteiger partial charge in [0, 0.05) is 30.8 Å². The van der Waals surface area contributed by atoms with Crippen LogP contribution >= 0.6 is 11.3 Å². The molecule has 3 aromatic rings. The molecule has 178 valence electrons. The van der Waals surface area contributed by atoms with E-state index in [1.54, 1.807) is 11.1 Å². The van der Waals surface area contributed by atoms with Crippen molar-refractivity contribution in [3.05, 3.63) is 46.5 Å². The van der Waals surface area contributed by atoms with E-state index in [4.69, 9.17) is 4.74 Å². The van der Waals surface area contributed by atoms with Crippen molar-refractivity contribution in [1.29, 1.82) is 0 Å². The lowest BCUT2D eigenvalue weighted by Gasteiger charge is -2.39. The summed E-state index contributed by atoms with van der Waals surface area (Å²) in [5.74, 6) is -0.458. The Morgan fingerprint density at radius 2 is 2.09 bits per heavy atom. The van der Waals surface area contributed by atoms with E-state index in [0.717, 1.165) is 22.2 Å². The van der Waals surface area contributed by atoms with Crippen molar-refractivity contribution in [3.63, 3.8) is 0 Å². The summed E-state index contributed by atoms with van der Waals surface area (Å²) in [6, 6.07) is 2.93. The molecule has 2 amide bonds. The fourth-order valence-electron chi connectivity index (χ4n) is 4.15. The third-order valence-corrected chi connectivity index (χ3v) is 7.13. The molecule has 5 heterocycles. The first kappa shape index (κ1) is 22.6. The van der Waals surface area contributed by atoms with Gasteiger partial charge in [0.15, 0.2) is 5.69 Å². The molecule has 0 radical (unpaired) electrons. The van der Waals surface area contributed by atoms with Crippen molar-refractivity contribution in [2.24, 2.45) is 5.92 Å². The fourth-order valence-corrected chi connectivity index (χ4v) is 5.08. The Hall–Kier alpha value is -3.18. The van der Waals surface area contributed by atoms with E-state index in [9.17, 15) is 14.0 Å². The second-order valence-electron chi connectivity index (χ2n) is 8.75. The lowest BCUT2D eigenvalue weighted by Crippen LogP contribution is -2.61. The summed E-state index contributed by atoms with van der Waals surface area (Å²) < 4.78 is 19.6. The first-order valence-electron chi connectivity index (χ1n) is 11.2. The number of nitrogens with one attached hydrogen (secondary N) is 2. The van der Waals surface area contributed by atoms with Gasteiger partial charge in [0.1, 0.15) is 5.82 Å². The number of likely N-dealkylation sites (tertiary alicyclic amines) is 1. The van der Waals surface area contributed by atoms with Gasteiger partial charge in [-0.3, -0.25) is 14.6 Å². The van der Waals surface area contributed by atoms with Gasteiger partial charge in [0.2, 0.25) is 11.9 Å². The van der Waals surface area contributed by atoms with Gasteiger partial charge in [-0.15, -0.1) is 11.3 Å². The Labute approximate surface area is 199 Å². The number of nitrogens with zero attached hydrogens (tertiary/aromatic N) is 4. The van der Waals surface area contributed by atoms with E-state index in [2.05, 4.69) is 25.6 Å². The lowest BCUT2D eigenvalue weighted by atomic mass is 10.0. The highest BCUT2D eigenvalue weighted by atomic mass is 32.1. The lowest BCUT2D eigenvalue weighted by molar-refractivity contribution is -0.126. The third-order valence-electron chi connectivity index (χ3n) is 6.08. The molecular formula is C23H25FN6O3S. The normalized spacial score (nSPS) is 19.1. The Morgan fingerprint density at radius 1 is 1.26 bits per heavy atom. The number of hydrogen-bond acceptors (Lipinski definition) is 8. The predicted molar refractivity (Wildman–Crippen MR) is 125 cm³/mol. The number of amides is 2. The van der Waals surface area contributed by atoms with Crippen molar-refractivity contribution < 1.29 is 18.7 Å². The number of thiophene rings is 1. The van der Waals surface area contributed by atoms with Crippen LogP contribution in [-0.4, -0.2) is 64.0 Å². The van der Waals surface area contributed by atoms with Crippen LogP contribution in [-0.2, 0) is 9.53 Å². The Balaban J connectivity index is 1.31. The topological polar surface area (TPSA) is 109 Å². The molecule has 5 rings (SSSR count). The van der Waals surface area contributed by atoms with E-state index >= 15 is 0 Å². The predicted octanol–water partition coefficient (Wildman–Crippen LogP) is 2.68. The van der Waals surface area contributed by atoms with Gasteiger partial charge in [-0.05, 0) is 38.0 Å². The molecule has 34 heavy (non-hydrogen) atoms. The third kappa shape index (κ3) is 4.58. The van der Waals surface area contributed by atoms with E-state index in [1.165, 1.54) is 17.4 Å². The molecule has 0 saturated carbocycles. The molecule has 3 aromatic heterocycles. The Bertz CT molecular complexity index is 1240. The molecule has 0 aromatic carbocycles. The minimum atomic E-state index is -0.424. The number of halogens is 1. The Kier molecular flexibility index (Phi) is 6.13. The van der Waals surface area contributed by atoms with Gasteiger partial charge in [-0.1, -0.05) is 0 Å². The van der Waals surface area contributed by atoms with Crippen molar-refractivity contribution >= 4 is 39.3 Å². The van der Waals surface area contributed by atoms with E-state index in [-0.39, 0.29) is 35.8 Å². The standard InChI is InChI=1S/C23H25FN6O3S/c1-12-5-18-20(34-12)19(29-23(28-18)26-13(2)15-6-16(24)8-25-7-15)22(32)30-9-17(10-30)27-21(31)14-3-4-33-11-14/h5-8,13-14,17H,3-4,9-11H2,1-2H3,(H,27,31)(H,26,28,29)/t13-,14?/m0/s1. The molecule has 2 saturated heterocycles. The van der Waals surface area contributed by atoms with Gasteiger partial charge in [-0.25, -0.2) is 14.4 Å². The number of aryl methyl sites for hydroxylation is 1. The largest absolute Gasteiger partial charge is 0.381 e. The first-order valence-corrected chi connectivity index (χ1v) is 12.0. The zero-order chi connectivity index (χ0) is 23.8. The number of ether oxygens (including phenoxy) is 1. The van der Waals surface area contributed by atoms with E-state index in [1.807, 2.05) is 19.9 Å². The molecule has 0 aliphatic carbocycles. The molecule has 11 heteroatoms. The van der Waals surface area contributed by atoms with E-state index < -0.39 is 5.82 Å². The van der Waals surface area contributed by atoms with Crippen LogP contribution in [0.4, 0.5) is 10.3 Å². The molecule has 2 fully saturated rings. The highest BCUT2D eigenvalue weighted by Crippen LogP contribution is 2.30. The summed E-state index contributed by atoms with van der Waals surface area (Å²) in [5, 5.41) is 6.16. The van der Waals surface area contributed by atoms with Crippen LogP contribution < -0.4 is 10.6 Å². The molecule has 2 aliphatic rings. The molecule has 2 N–H and O–H groups in total. The number of rotatable bonds is 6. The zero-order valence-electron chi connectivity index (χ0n) is 18.9. The average Bonchev–Trinajstić information content (AvgIpc) is 3.44. The molecular weight excluding hydrogens is 459 g/mol. The summed E-state index contributed by atoms with van der Waals surface area (Å²) in [4.78, 5) is 41.3. The van der Waals surface area contributed by atoms with Crippen LogP contribution in [0.1, 0.15) is 40.3 Å². The maximum absolute atomic E-state index is 13.6. The summed E-state index contributed by atoms with van der Waals surface area (Å²) >= 11 is 1.47. The minimum absolute atomic E-state index is 0.0137. The van der Waals surface area contributed by atoms with Crippen LogP contribution in [0.2, 0.25) is 0 Å². The second kappa shape index (κ2) is 9.22. The number of carbonyl (C=O) groups is 2. The van der Waals surface area contributed by atoms with Crippen LogP contribution in [0.15, 0.2) is 24.5 Å². The van der Waals surface area contributed by atoms with Gasteiger partial charge in [0.05, 0.1) is 41.0 Å². The molecule has 1 unspecified atom stereocenters. The van der Waals surface area contributed by atoms with Crippen molar-refractivity contribution in [2.75, 3.05) is 31.6 Å². The van der Waals surface area contributed by atoms with Crippen molar-refractivity contribution in [1.82, 2.24) is 25.2 Å². The maximum Gasteiger partial charge on any atom is 0.274 e. The maximum atomic E-state index is 13.6. The number of fused-ring (bicyclic) bond motifs is 1. The number of carbonyl (C=O) groups excluding carboxylic acids is 2. The highest BCUT2D eigenvalue weighted by Gasteiger charge is 2.36. The number of aromatic nitrogens is 3.